The number of alkyl halides is 2. The van der Waals surface area contributed by atoms with Crippen LogP contribution in [0.3, 0.4) is 0 Å². The monoisotopic (exact) mass is 557 g/mol. The summed E-state index contributed by atoms with van der Waals surface area (Å²) < 4.78 is 40.4. The van der Waals surface area contributed by atoms with Crippen molar-refractivity contribution in [3.05, 3.63) is 23.8 Å². The highest BCUT2D eigenvalue weighted by Gasteiger charge is 2.15. The summed E-state index contributed by atoms with van der Waals surface area (Å²) in [4.78, 5) is 15.5. The second-order valence-corrected chi connectivity index (χ2v) is 6.42. The number of hydrogen-bond acceptors (Lipinski definition) is 5. The van der Waals surface area contributed by atoms with Gasteiger partial charge in [0.1, 0.15) is 0 Å². The van der Waals surface area contributed by atoms with Crippen LogP contribution in [-0.2, 0) is 16.1 Å². The van der Waals surface area contributed by atoms with Gasteiger partial charge in [-0.1, -0.05) is 25.0 Å². The van der Waals surface area contributed by atoms with Gasteiger partial charge in [-0.3, -0.25) is 4.79 Å². The summed E-state index contributed by atoms with van der Waals surface area (Å²) in [7, 11) is 1.39. The maximum absolute atomic E-state index is 12.8. The van der Waals surface area contributed by atoms with Gasteiger partial charge < -0.3 is 24.8 Å². The van der Waals surface area contributed by atoms with Crippen LogP contribution >= 0.6 is 24.0 Å². The molecule has 0 fully saturated rings. The molecule has 0 aliphatic heterocycles. The number of carbonyl (C=O) groups excluding carboxylic acids is 1. The average molecular weight is 557 g/mol. The van der Waals surface area contributed by atoms with Gasteiger partial charge in [-0.25, -0.2) is 4.99 Å². The SMILES string of the molecule is CCNC(=NCc1cccc(OCC)c1OC(F)F)NCCCCCCC(=O)OC.I. The van der Waals surface area contributed by atoms with Crippen LogP contribution in [0.4, 0.5) is 8.78 Å². The number of carbonyl (C=O) groups is 1. The quantitative estimate of drug-likeness (QED) is 0.116. The Balaban J connectivity index is 0.00000900. The van der Waals surface area contributed by atoms with Crippen LogP contribution in [0.2, 0.25) is 0 Å². The highest BCUT2D eigenvalue weighted by Crippen LogP contribution is 2.33. The lowest BCUT2D eigenvalue weighted by Gasteiger charge is -2.15. The molecule has 7 nitrogen and oxygen atoms in total. The lowest BCUT2D eigenvalue weighted by Crippen LogP contribution is -2.37. The third-order valence-electron chi connectivity index (χ3n) is 4.15. The first-order valence-electron chi connectivity index (χ1n) is 10.3. The number of guanidine groups is 1. The van der Waals surface area contributed by atoms with E-state index in [1.54, 1.807) is 25.1 Å². The van der Waals surface area contributed by atoms with Crippen molar-refractivity contribution >= 4 is 35.9 Å². The summed E-state index contributed by atoms with van der Waals surface area (Å²) in [6.45, 7) is 2.67. The fourth-order valence-electron chi connectivity index (χ4n) is 2.74. The second kappa shape index (κ2) is 17.8. The van der Waals surface area contributed by atoms with E-state index in [0.29, 0.717) is 37.6 Å². The van der Waals surface area contributed by atoms with Crippen molar-refractivity contribution in [2.45, 2.75) is 59.1 Å². The Kier molecular flexibility index (Phi) is 16.7. The molecule has 0 heterocycles. The molecule has 0 amide bonds. The summed E-state index contributed by atoms with van der Waals surface area (Å²) in [5, 5.41) is 6.36. The third kappa shape index (κ3) is 12.6. The van der Waals surface area contributed by atoms with Gasteiger partial charge in [-0.15, -0.1) is 24.0 Å². The summed E-state index contributed by atoms with van der Waals surface area (Å²) >= 11 is 0. The molecule has 178 valence electrons. The maximum atomic E-state index is 12.8. The van der Waals surface area contributed by atoms with E-state index in [1.807, 2.05) is 6.92 Å². The van der Waals surface area contributed by atoms with Crippen molar-refractivity contribution in [1.82, 2.24) is 10.6 Å². The molecule has 0 saturated carbocycles. The van der Waals surface area contributed by atoms with Gasteiger partial charge in [0.25, 0.3) is 0 Å². The number of halogens is 3. The van der Waals surface area contributed by atoms with Crippen LogP contribution in [-0.4, -0.2) is 45.3 Å². The predicted molar refractivity (Wildman–Crippen MR) is 128 cm³/mol. The van der Waals surface area contributed by atoms with Crippen LogP contribution in [0.5, 0.6) is 11.5 Å². The summed E-state index contributed by atoms with van der Waals surface area (Å²) in [6, 6.07) is 5.01. The molecule has 0 aliphatic carbocycles. The van der Waals surface area contributed by atoms with Crippen molar-refractivity contribution in [3.63, 3.8) is 0 Å². The Hall–Kier alpha value is -1.85. The molecule has 2 N–H and O–H groups in total. The second-order valence-electron chi connectivity index (χ2n) is 6.42. The highest BCUT2D eigenvalue weighted by molar-refractivity contribution is 14.0. The fourth-order valence-corrected chi connectivity index (χ4v) is 2.74. The first-order valence-corrected chi connectivity index (χ1v) is 10.3. The van der Waals surface area contributed by atoms with Gasteiger partial charge in [0.2, 0.25) is 0 Å². The number of benzene rings is 1. The smallest absolute Gasteiger partial charge is 0.387 e. The van der Waals surface area contributed by atoms with Gasteiger partial charge in [0.05, 0.1) is 20.3 Å². The number of aliphatic imine (C=N–C) groups is 1. The number of esters is 1. The molecule has 1 aromatic carbocycles. The van der Waals surface area contributed by atoms with Crippen LogP contribution in [0.1, 0.15) is 51.5 Å². The Morgan fingerprint density at radius 2 is 1.87 bits per heavy atom. The van der Waals surface area contributed by atoms with Crippen LogP contribution < -0.4 is 20.1 Å². The largest absolute Gasteiger partial charge is 0.490 e. The fraction of sp³-hybridized carbons (Fsp3) is 0.619. The average Bonchev–Trinajstić information content (AvgIpc) is 2.72. The topological polar surface area (TPSA) is 81.2 Å². The van der Waals surface area contributed by atoms with Crippen molar-refractivity contribution in [2.75, 3.05) is 26.8 Å². The predicted octanol–water partition coefficient (Wildman–Crippen LogP) is 4.48. The number of ether oxygens (including phenoxy) is 3. The molecule has 1 rings (SSSR count). The van der Waals surface area contributed by atoms with Crippen molar-refractivity contribution in [1.29, 1.82) is 0 Å². The van der Waals surface area contributed by atoms with Crippen molar-refractivity contribution in [3.8, 4) is 11.5 Å². The van der Waals surface area contributed by atoms with Gasteiger partial charge in [-0.2, -0.15) is 8.78 Å². The molecule has 0 unspecified atom stereocenters. The first kappa shape index (κ1) is 29.1. The zero-order valence-corrected chi connectivity index (χ0v) is 20.7. The minimum absolute atomic E-state index is 0. The number of para-hydroxylation sites is 1. The van der Waals surface area contributed by atoms with Crippen molar-refractivity contribution in [2.24, 2.45) is 4.99 Å². The molecule has 0 bridgehead atoms. The molecule has 0 aromatic heterocycles. The molecule has 0 aliphatic rings. The maximum Gasteiger partial charge on any atom is 0.387 e. The Morgan fingerprint density at radius 1 is 1.13 bits per heavy atom. The third-order valence-corrected chi connectivity index (χ3v) is 4.15. The first-order chi connectivity index (χ1) is 14.5. The lowest BCUT2D eigenvalue weighted by atomic mass is 10.1. The molecule has 1 aromatic rings. The molecule has 10 heteroatoms. The molecule has 0 atom stereocenters. The van der Waals surface area contributed by atoms with E-state index in [4.69, 9.17) is 4.74 Å². The summed E-state index contributed by atoms with van der Waals surface area (Å²) in [5.41, 5.74) is 0.515. The zero-order valence-electron chi connectivity index (χ0n) is 18.4. The van der Waals surface area contributed by atoms with E-state index in [1.165, 1.54) is 7.11 Å². The molecular formula is C21H34F2IN3O4. The summed E-state index contributed by atoms with van der Waals surface area (Å²) in [5.74, 6) is 0.699. The molecular weight excluding hydrogens is 523 g/mol. The Bertz CT molecular complexity index is 664. The van der Waals surface area contributed by atoms with E-state index in [-0.39, 0.29) is 48.0 Å². The Morgan fingerprint density at radius 3 is 2.52 bits per heavy atom. The number of hydrogen-bond donors (Lipinski definition) is 2. The van der Waals surface area contributed by atoms with Gasteiger partial charge in [-0.05, 0) is 32.8 Å². The summed E-state index contributed by atoms with van der Waals surface area (Å²) in [6.07, 6.45) is 4.10. The number of unbranched alkanes of at least 4 members (excludes halogenated alkanes) is 3. The number of rotatable bonds is 14. The molecule has 31 heavy (non-hydrogen) atoms. The minimum atomic E-state index is -2.94. The highest BCUT2D eigenvalue weighted by atomic mass is 127. The van der Waals surface area contributed by atoms with E-state index in [9.17, 15) is 13.6 Å². The van der Waals surface area contributed by atoms with E-state index >= 15 is 0 Å². The van der Waals surface area contributed by atoms with Crippen molar-refractivity contribution < 1.29 is 27.8 Å². The van der Waals surface area contributed by atoms with E-state index < -0.39 is 6.61 Å². The zero-order chi connectivity index (χ0) is 22.2. The molecule has 0 saturated heterocycles. The number of nitrogens with one attached hydrogen (secondary N) is 2. The molecule has 0 radical (unpaired) electrons. The minimum Gasteiger partial charge on any atom is -0.490 e. The van der Waals surface area contributed by atoms with Crippen LogP contribution in [0.15, 0.2) is 23.2 Å². The number of methoxy groups -OCH3 is 1. The van der Waals surface area contributed by atoms with Gasteiger partial charge >= 0.3 is 12.6 Å². The van der Waals surface area contributed by atoms with E-state index in [0.717, 1.165) is 25.7 Å². The van der Waals surface area contributed by atoms with Gasteiger partial charge in [0.15, 0.2) is 17.5 Å². The lowest BCUT2D eigenvalue weighted by molar-refractivity contribution is -0.140. The molecule has 0 spiro atoms. The van der Waals surface area contributed by atoms with Gasteiger partial charge in [0, 0.05) is 25.1 Å². The van der Waals surface area contributed by atoms with E-state index in [2.05, 4.69) is 25.1 Å². The standard InChI is InChI=1S/C21H33F2N3O4.HI/c1-4-24-21(25-14-9-7-6-8-13-18(27)28-3)26-15-16-11-10-12-17(29-5-2)19(16)30-20(22)23;/h10-12,20H,4-9,13-15H2,1-3H3,(H2,24,25,26);1H. The Labute approximate surface area is 200 Å². The number of nitrogens with zero attached hydrogens (tertiary/aromatic N) is 1. The van der Waals surface area contributed by atoms with Crippen LogP contribution in [0, 0.1) is 0 Å². The normalized spacial score (nSPS) is 11.0. The van der Waals surface area contributed by atoms with Crippen LogP contribution in [0.25, 0.3) is 0 Å².